The molecule has 1 atom stereocenters. The molecule has 2 aromatic rings. The van der Waals surface area contributed by atoms with Gasteiger partial charge in [-0.1, -0.05) is 6.92 Å². The van der Waals surface area contributed by atoms with Gasteiger partial charge in [0, 0.05) is 37.3 Å². The Morgan fingerprint density at radius 3 is 3.22 bits per heavy atom. The molecule has 0 saturated carbocycles. The van der Waals surface area contributed by atoms with Crippen molar-refractivity contribution in [2.24, 2.45) is 0 Å². The minimum Gasteiger partial charge on any atom is -0.368 e. The highest BCUT2D eigenvalue weighted by Crippen LogP contribution is 2.23. The number of thiazole rings is 1. The van der Waals surface area contributed by atoms with Gasteiger partial charge in [0.1, 0.15) is 16.9 Å². The molecule has 1 fully saturated rings. The van der Waals surface area contributed by atoms with E-state index in [1.165, 1.54) is 0 Å². The van der Waals surface area contributed by atoms with Crippen LogP contribution in [-0.2, 0) is 16.1 Å². The van der Waals surface area contributed by atoms with E-state index in [1.807, 2.05) is 16.1 Å². The summed E-state index contributed by atoms with van der Waals surface area (Å²) in [5.74, 6) is 0.726. The molecule has 0 bridgehead atoms. The number of anilines is 1. The lowest BCUT2D eigenvalue weighted by molar-refractivity contribution is -0.119. The average molecular weight is 335 g/mol. The Morgan fingerprint density at radius 1 is 1.52 bits per heavy atom. The average Bonchev–Trinajstić information content (AvgIpc) is 3.20. The van der Waals surface area contributed by atoms with Crippen molar-refractivity contribution in [1.82, 2.24) is 19.7 Å². The van der Waals surface area contributed by atoms with Gasteiger partial charge in [0.15, 0.2) is 0 Å². The second kappa shape index (κ2) is 7.67. The van der Waals surface area contributed by atoms with Crippen molar-refractivity contribution >= 4 is 23.1 Å². The fraction of sp³-hybridized carbons (Fsp3) is 0.533. The van der Waals surface area contributed by atoms with E-state index in [9.17, 15) is 4.79 Å². The Kier molecular flexibility index (Phi) is 5.37. The molecule has 1 aliphatic rings. The summed E-state index contributed by atoms with van der Waals surface area (Å²) in [5.41, 5.74) is 0. The van der Waals surface area contributed by atoms with E-state index in [2.05, 4.69) is 27.2 Å². The molecule has 0 aromatic carbocycles. The first-order valence-corrected chi connectivity index (χ1v) is 8.69. The fourth-order valence-corrected chi connectivity index (χ4v) is 3.28. The predicted molar refractivity (Wildman–Crippen MR) is 88.4 cm³/mol. The summed E-state index contributed by atoms with van der Waals surface area (Å²) in [6.07, 6.45) is 4.42. The lowest BCUT2D eigenvalue weighted by Crippen LogP contribution is -2.42. The first kappa shape index (κ1) is 16.1. The van der Waals surface area contributed by atoms with Crippen LogP contribution in [0.2, 0.25) is 0 Å². The topological polar surface area (TPSA) is 72.3 Å². The van der Waals surface area contributed by atoms with Gasteiger partial charge < -0.3 is 10.1 Å². The Balaban J connectivity index is 1.54. The predicted octanol–water partition coefficient (Wildman–Crippen LogP) is 1.76. The van der Waals surface area contributed by atoms with Crippen molar-refractivity contribution < 1.29 is 9.53 Å². The van der Waals surface area contributed by atoms with E-state index in [-0.39, 0.29) is 12.0 Å². The Hall–Kier alpha value is -1.77. The number of morpholine rings is 1. The summed E-state index contributed by atoms with van der Waals surface area (Å²) in [5, 5.41) is 10.1. The van der Waals surface area contributed by atoms with Crippen LogP contribution in [0.15, 0.2) is 23.8 Å². The number of nitrogens with zero attached hydrogens (tertiary/aromatic N) is 4. The zero-order valence-corrected chi connectivity index (χ0v) is 14.0. The maximum absolute atomic E-state index is 12.3. The minimum atomic E-state index is -0.0397. The van der Waals surface area contributed by atoms with Crippen LogP contribution in [-0.4, -0.2) is 51.8 Å². The highest BCUT2D eigenvalue weighted by atomic mass is 32.1. The number of amides is 1. The molecular weight excluding hydrogens is 314 g/mol. The van der Waals surface area contributed by atoms with Crippen molar-refractivity contribution in [3.8, 4) is 0 Å². The summed E-state index contributed by atoms with van der Waals surface area (Å²) in [6.45, 7) is 5.29. The van der Waals surface area contributed by atoms with E-state index in [0.29, 0.717) is 19.7 Å². The number of hydrogen-bond donors (Lipinski definition) is 1. The third-order valence-corrected chi connectivity index (χ3v) is 4.53. The van der Waals surface area contributed by atoms with Crippen LogP contribution >= 0.6 is 11.3 Å². The zero-order chi connectivity index (χ0) is 16.1. The van der Waals surface area contributed by atoms with E-state index >= 15 is 0 Å². The van der Waals surface area contributed by atoms with E-state index in [1.54, 1.807) is 23.7 Å². The monoisotopic (exact) mass is 335 g/mol. The second-order valence-electron chi connectivity index (χ2n) is 5.45. The van der Waals surface area contributed by atoms with Gasteiger partial charge in [-0.25, -0.2) is 9.67 Å². The molecule has 0 aliphatic carbocycles. The normalized spacial score (nSPS) is 18.9. The van der Waals surface area contributed by atoms with Gasteiger partial charge in [-0.3, -0.25) is 9.69 Å². The third kappa shape index (κ3) is 4.15. The molecule has 2 aromatic heterocycles. The molecule has 1 amide bonds. The molecule has 1 aliphatic heterocycles. The number of ether oxygens (including phenoxy) is 1. The van der Waals surface area contributed by atoms with Crippen molar-refractivity contribution in [2.45, 2.75) is 26.0 Å². The number of hydrogen-bond acceptors (Lipinski definition) is 6. The standard InChI is InChI=1S/C15H21N5O2S/c1-2-6-20-13(3-4-17-20)18-14(21)11-19-7-8-22-12(10-19)15-16-5-9-23-15/h3-5,9,12H,2,6-8,10-11H2,1H3,(H,18,21). The molecule has 0 radical (unpaired) electrons. The fourth-order valence-electron chi connectivity index (χ4n) is 2.60. The van der Waals surface area contributed by atoms with Gasteiger partial charge >= 0.3 is 0 Å². The second-order valence-corrected chi connectivity index (χ2v) is 6.38. The molecule has 1 saturated heterocycles. The number of aromatic nitrogens is 3. The lowest BCUT2D eigenvalue weighted by Gasteiger charge is -2.31. The van der Waals surface area contributed by atoms with Gasteiger partial charge in [-0.05, 0) is 6.42 Å². The summed E-state index contributed by atoms with van der Waals surface area (Å²) in [7, 11) is 0. The molecule has 3 rings (SSSR count). The van der Waals surface area contributed by atoms with E-state index in [4.69, 9.17) is 4.74 Å². The van der Waals surface area contributed by atoms with Crippen molar-refractivity contribution in [3.63, 3.8) is 0 Å². The SMILES string of the molecule is CCCn1nccc1NC(=O)CN1CCOC(c2nccs2)C1. The molecule has 0 spiro atoms. The van der Waals surface area contributed by atoms with Gasteiger partial charge in [0.05, 0.1) is 19.3 Å². The highest BCUT2D eigenvalue weighted by Gasteiger charge is 2.25. The minimum absolute atomic E-state index is 0.0253. The first-order chi connectivity index (χ1) is 11.3. The number of carbonyl (C=O) groups is 1. The maximum Gasteiger partial charge on any atom is 0.239 e. The Labute approximate surface area is 139 Å². The van der Waals surface area contributed by atoms with Crippen LogP contribution in [0.4, 0.5) is 5.82 Å². The van der Waals surface area contributed by atoms with Crippen LogP contribution < -0.4 is 5.32 Å². The van der Waals surface area contributed by atoms with Crippen LogP contribution in [0, 0.1) is 0 Å². The molecular formula is C15H21N5O2S. The molecule has 1 N–H and O–H groups in total. The summed E-state index contributed by atoms with van der Waals surface area (Å²) in [4.78, 5) is 18.7. The number of carbonyl (C=O) groups excluding carboxylic acids is 1. The van der Waals surface area contributed by atoms with E-state index in [0.717, 1.165) is 30.3 Å². The van der Waals surface area contributed by atoms with Crippen LogP contribution in [0.5, 0.6) is 0 Å². The molecule has 8 heteroatoms. The maximum atomic E-state index is 12.3. The highest BCUT2D eigenvalue weighted by molar-refractivity contribution is 7.09. The quantitative estimate of drug-likeness (QED) is 0.871. The van der Waals surface area contributed by atoms with Crippen LogP contribution in [0.25, 0.3) is 0 Å². The van der Waals surface area contributed by atoms with Crippen molar-refractivity contribution in [2.75, 3.05) is 31.6 Å². The Morgan fingerprint density at radius 2 is 2.43 bits per heavy atom. The summed E-state index contributed by atoms with van der Waals surface area (Å²) >= 11 is 1.59. The van der Waals surface area contributed by atoms with Crippen molar-refractivity contribution in [3.05, 3.63) is 28.8 Å². The summed E-state index contributed by atoms with van der Waals surface area (Å²) in [6, 6.07) is 1.82. The van der Waals surface area contributed by atoms with Crippen molar-refractivity contribution in [1.29, 1.82) is 0 Å². The van der Waals surface area contributed by atoms with Gasteiger partial charge in [-0.15, -0.1) is 11.3 Å². The van der Waals surface area contributed by atoms with Crippen LogP contribution in [0.1, 0.15) is 24.5 Å². The summed E-state index contributed by atoms with van der Waals surface area (Å²) < 4.78 is 7.57. The molecule has 7 nitrogen and oxygen atoms in total. The molecule has 1 unspecified atom stereocenters. The van der Waals surface area contributed by atoms with Crippen LogP contribution in [0.3, 0.4) is 0 Å². The number of rotatable bonds is 6. The number of aryl methyl sites for hydroxylation is 1. The molecule has 3 heterocycles. The van der Waals surface area contributed by atoms with E-state index < -0.39 is 0 Å². The van der Waals surface area contributed by atoms with Gasteiger partial charge in [-0.2, -0.15) is 5.10 Å². The van der Waals surface area contributed by atoms with Gasteiger partial charge in [0.2, 0.25) is 5.91 Å². The Bertz CT molecular complexity index is 628. The smallest absolute Gasteiger partial charge is 0.239 e. The molecule has 23 heavy (non-hydrogen) atoms. The van der Waals surface area contributed by atoms with Gasteiger partial charge in [0.25, 0.3) is 0 Å². The number of nitrogens with one attached hydrogen (secondary N) is 1. The molecule has 124 valence electrons. The largest absolute Gasteiger partial charge is 0.368 e. The third-order valence-electron chi connectivity index (χ3n) is 3.66. The lowest BCUT2D eigenvalue weighted by atomic mass is 10.3. The first-order valence-electron chi connectivity index (χ1n) is 7.81. The zero-order valence-electron chi connectivity index (χ0n) is 13.1.